The number of piperidine rings is 1. The van der Waals surface area contributed by atoms with E-state index in [4.69, 9.17) is 4.74 Å². The SMILES string of the molecule is COC(=O)c1ccc(NC(=O)CCc2cc(S(=O)(=O)N3CCCCC3)ccc2OC)cc1. The molecule has 3 rings (SSSR count). The van der Waals surface area contributed by atoms with Gasteiger partial charge in [0.1, 0.15) is 5.75 Å². The molecule has 0 aromatic heterocycles. The molecule has 0 bridgehead atoms. The molecule has 1 heterocycles. The van der Waals surface area contributed by atoms with Crippen LogP contribution in [0.1, 0.15) is 41.6 Å². The largest absolute Gasteiger partial charge is 0.496 e. The zero-order valence-corrected chi connectivity index (χ0v) is 19.1. The summed E-state index contributed by atoms with van der Waals surface area (Å²) in [6.07, 6.45) is 3.23. The Bertz CT molecular complexity index is 1060. The summed E-state index contributed by atoms with van der Waals surface area (Å²) in [6.45, 7) is 1.06. The normalized spacial score (nSPS) is 14.6. The molecule has 0 radical (unpaired) electrons. The number of hydrogen-bond acceptors (Lipinski definition) is 6. The molecule has 0 spiro atoms. The molecule has 1 aliphatic heterocycles. The van der Waals surface area contributed by atoms with Gasteiger partial charge in [-0.2, -0.15) is 4.31 Å². The smallest absolute Gasteiger partial charge is 0.337 e. The highest BCUT2D eigenvalue weighted by Crippen LogP contribution is 2.27. The number of aryl methyl sites for hydroxylation is 1. The van der Waals surface area contributed by atoms with E-state index in [1.807, 2.05) is 0 Å². The second-order valence-corrected chi connectivity index (χ2v) is 9.49. The van der Waals surface area contributed by atoms with Crippen LogP contribution in [-0.4, -0.2) is 51.9 Å². The van der Waals surface area contributed by atoms with E-state index in [1.54, 1.807) is 42.5 Å². The molecule has 1 fully saturated rings. The number of nitrogens with zero attached hydrogens (tertiary/aromatic N) is 1. The minimum atomic E-state index is -3.57. The van der Waals surface area contributed by atoms with Crippen molar-refractivity contribution in [2.75, 3.05) is 32.6 Å². The number of carbonyl (C=O) groups is 2. The van der Waals surface area contributed by atoms with E-state index < -0.39 is 16.0 Å². The second kappa shape index (κ2) is 10.6. The predicted molar refractivity (Wildman–Crippen MR) is 120 cm³/mol. The lowest BCUT2D eigenvalue weighted by molar-refractivity contribution is -0.116. The van der Waals surface area contributed by atoms with Gasteiger partial charge in [-0.25, -0.2) is 13.2 Å². The predicted octanol–water partition coefficient (Wildman–Crippen LogP) is 3.23. The van der Waals surface area contributed by atoms with Crippen molar-refractivity contribution in [2.24, 2.45) is 0 Å². The number of hydrogen-bond donors (Lipinski definition) is 1. The van der Waals surface area contributed by atoms with Crippen LogP contribution in [0.3, 0.4) is 0 Å². The fourth-order valence-corrected chi connectivity index (χ4v) is 5.21. The number of nitrogens with one attached hydrogen (secondary N) is 1. The number of rotatable bonds is 8. The molecule has 172 valence electrons. The molecule has 32 heavy (non-hydrogen) atoms. The molecule has 1 amide bonds. The van der Waals surface area contributed by atoms with Crippen molar-refractivity contribution in [3.8, 4) is 5.75 Å². The van der Waals surface area contributed by atoms with Crippen LogP contribution in [0.2, 0.25) is 0 Å². The van der Waals surface area contributed by atoms with E-state index in [0.717, 1.165) is 19.3 Å². The maximum Gasteiger partial charge on any atom is 0.337 e. The van der Waals surface area contributed by atoms with Crippen LogP contribution in [0, 0.1) is 0 Å². The zero-order chi connectivity index (χ0) is 23.1. The third-order valence-corrected chi connectivity index (χ3v) is 7.31. The summed E-state index contributed by atoms with van der Waals surface area (Å²) in [4.78, 5) is 24.1. The topological polar surface area (TPSA) is 102 Å². The molecular formula is C23H28N2O6S. The molecule has 0 unspecified atom stereocenters. The Morgan fingerprint density at radius 2 is 1.69 bits per heavy atom. The molecule has 2 aromatic rings. The third kappa shape index (κ3) is 5.66. The Hall–Kier alpha value is -2.91. The lowest BCUT2D eigenvalue weighted by Gasteiger charge is -2.26. The first-order chi connectivity index (χ1) is 15.3. The van der Waals surface area contributed by atoms with Crippen LogP contribution < -0.4 is 10.1 Å². The molecule has 0 atom stereocenters. The third-order valence-electron chi connectivity index (χ3n) is 5.42. The van der Waals surface area contributed by atoms with Gasteiger partial charge in [-0.3, -0.25) is 4.79 Å². The van der Waals surface area contributed by atoms with Crippen molar-refractivity contribution >= 4 is 27.6 Å². The molecule has 1 saturated heterocycles. The quantitative estimate of drug-likeness (QED) is 0.607. The number of sulfonamides is 1. The van der Waals surface area contributed by atoms with Crippen LogP contribution >= 0.6 is 0 Å². The van der Waals surface area contributed by atoms with Crippen LogP contribution in [-0.2, 0) is 26.0 Å². The van der Waals surface area contributed by atoms with Gasteiger partial charge in [0.25, 0.3) is 0 Å². The standard InChI is InChI=1S/C23H28N2O6S/c1-30-21-12-11-20(32(28,29)25-14-4-3-5-15-25)16-18(21)8-13-22(26)24-19-9-6-17(7-10-19)23(27)31-2/h6-7,9-12,16H,3-5,8,13-15H2,1-2H3,(H,24,26). The number of anilines is 1. The van der Waals surface area contributed by atoms with Gasteiger partial charge in [0, 0.05) is 25.2 Å². The first kappa shape index (κ1) is 23.7. The highest BCUT2D eigenvalue weighted by molar-refractivity contribution is 7.89. The Morgan fingerprint density at radius 3 is 2.31 bits per heavy atom. The van der Waals surface area contributed by atoms with Crippen LogP contribution in [0.25, 0.3) is 0 Å². The van der Waals surface area contributed by atoms with Crippen molar-refractivity contribution in [1.82, 2.24) is 4.31 Å². The lowest BCUT2D eigenvalue weighted by Crippen LogP contribution is -2.35. The van der Waals surface area contributed by atoms with Crippen molar-refractivity contribution in [3.05, 3.63) is 53.6 Å². The lowest BCUT2D eigenvalue weighted by atomic mass is 10.1. The number of methoxy groups -OCH3 is 2. The number of carbonyl (C=O) groups excluding carboxylic acids is 2. The fraction of sp³-hybridized carbons (Fsp3) is 0.391. The van der Waals surface area contributed by atoms with Crippen molar-refractivity contribution in [3.63, 3.8) is 0 Å². The fourth-order valence-electron chi connectivity index (χ4n) is 3.64. The monoisotopic (exact) mass is 460 g/mol. The van der Waals surface area contributed by atoms with Gasteiger partial charge < -0.3 is 14.8 Å². The molecular weight excluding hydrogens is 432 g/mol. The minimum Gasteiger partial charge on any atom is -0.496 e. The number of ether oxygens (including phenoxy) is 2. The second-order valence-electron chi connectivity index (χ2n) is 7.56. The maximum atomic E-state index is 13.0. The van der Waals surface area contributed by atoms with Crippen LogP contribution in [0.4, 0.5) is 5.69 Å². The van der Waals surface area contributed by atoms with Crippen molar-refractivity contribution in [1.29, 1.82) is 0 Å². The highest BCUT2D eigenvalue weighted by Gasteiger charge is 2.26. The van der Waals surface area contributed by atoms with E-state index in [-0.39, 0.29) is 17.2 Å². The minimum absolute atomic E-state index is 0.141. The molecule has 1 N–H and O–H groups in total. The summed E-state index contributed by atoms with van der Waals surface area (Å²) in [6, 6.07) is 11.2. The van der Waals surface area contributed by atoms with Gasteiger partial charge in [-0.05, 0) is 67.3 Å². The maximum absolute atomic E-state index is 13.0. The summed E-state index contributed by atoms with van der Waals surface area (Å²) in [7, 11) is -0.751. The molecule has 8 nitrogen and oxygen atoms in total. The van der Waals surface area contributed by atoms with Gasteiger partial charge in [0.05, 0.1) is 24.7 Å². The number of amides is 1. The first-order valence-corrected chi connectivity index (χ1v) is 11.9. The average Bonchev–Trinajstić information content (AvgIpc) is 2.83. The Labute approximate surface area is 188 Å². The zero-order valence-electron chi connectivity index (χ0n) is 18.3. The van der Waals surface area contributed by atoms with Gasteiger partial charge in [-0.1, -0.05) is 6.42 Å². The molecule has 0 aliphatic carbocycles. The Balaban J connectivity index is 1.67. The van der Waals surface area contributed by atoms with Gasteiger partial charge in [0.15, 0.2) is 0 Å². The highest BCUT2D eigenvalue weighted by atomic mass is 32.2. The van der Waals surface area contributed by atoms with Crippen LogP contribution in [0.5, 0.6) is 5.75 Å². The summed E-state index contributed by atoms with van der Waals surface area (Å²) < 4.78 is 37.5. The summed E-state index contributed by atoms with van der Waals surface area (Å²) in [5.41, 5.74) is 1.60. The van der Waals surface area contributed by atoms with Crippen molar-refractivity contribution < 1.29 is 27.5 Å². The molecule has 1 aliphatic rings. The number of esters is 1. The van der Waals surface area contributed by atoms with Crippen LogP contribution in [0.15, 0.2) is 47.4 Å². The molecule has 2 aromatic carbocycles. The first-order valence-electron chi connectivity index (χ1n) is 10.5. The molecule has 0 saturated carbocycles. The van der Waals surface area contributed by atoms with E-state index in [9.17, 15) is 18.0 Å². The molecule has 9 heteroatoms. The van der Waals surface area contributed by atoms with Gasteiger partial charge in [-0.15, -0.1) is 0 Å². The summed E-state index contributed by atoms with van der Waals surface area (Å²) >= 11 is 0. The van der Waals surface area contributed by atoms with E-state index in [1.165, 1.54) is 18.5 Å². The summed E-state index contributed by atoms with van der Waals surface area (Å²) in [5, 5.41) is 2.77. The van der Waals surface area contributed by atoms with E-state index in [2.05, 4.69) is 10.1 Å². The van der Waals surface area contributed by atoms with E-state index in [0.29, 0.717) is 42.1 Å². The van der Waals surface area contributed by atoms with Gasteiger partial charge >= 0.3 is 5.97 Å². The van der Waals surface area contributed by atoms with Crippen molar-refractivity contribution in [2.45, 2.75) is 37.0 Å². The van der Waals surface area contributed by atoms with Gasteiger partial charge in [0.2, 0.25) is 15.9 Å². The Kier molecular flexibility index (Phi) is 7.87. The Morgan fingerprint density at radius 1 is 1.00 bits per heavy atom. The van der Waals surface area contributed by atoms with E-state index >= 15 is 0 Å². The summed E-state index contributed by atoms with van der Waals surface area (Å²) in [5.74, 6) is -0.144. The number of benzene rings is 2. The average molecular weight is 461 g/mol.